The highest BCUT2D eigenvalue weighted by Gasteiger charge is 2.51. The van der Waals surface area contributed by atoms with Gasteiger partial charge in [-0.1, -0.05) is 0 Å². The number of hydrogen-bond acceptors (Lipinski definition) is 3. The van der Waals surface area contributed by atoms with E-state index in [1.165, 1.54) is 32.1 Å². The maximum absolute atomic E-state index is 12.6. The normalized spacial score (nSPS) is 42.6. The van der Waals surface area contributed by atoms with Gasteiger partial charge in [-0.2, -0.15) is 0 Å². The Bertz CT molecular complexity index is 451. The van der Waals surface area contributed by atoms with Gasteiger partial charge in [0.1, 0.15) is 6.61 Å². The van der Waals surface area contributed by atoms with Gasteiger partial charge < -0.3 is 15.4 Å². The average Bonchev–Trinajstić information content (AvgIpc) is 2.92. The molecule has 122 valence electrons. The van der Waals surface area contributed by atoms with Crippen LogP contribution in [0.3, 0.4) is 0 Å². The predicted octanol–water partition coefficient (Wildman–Crippen LogP) is 2.14. The molecule has 2 amide bonds. The fourth-order valence-corrected chi connectivity index (χ4v) is 5.88. The number of esters is 1. The van der Waals surface area contributed by atoms with Gasteiger partial charge in [0, 0.05) is 6.54 Å². The molecule has 0 aromatic carbocycles. The van der Waals surface area contributed by atoms with Crippen molar-refractivity contribution in [2.24, 2.45) is 35.3 Å². The maximum Gasteiger partial charge on any atom is 0.315 e. The van der Waals surface area contributed by atoms with Crippen LogP contribution in [0.5, 0.6) is 0 Å². The Hall–Kier alpha value is -1.26. The first-order valence-electron chi connectivity index (χ1n) is 8.84. The van der Waals surface area contributed by atoms with Gasteiger partial charge >= 0.3 is 12.0 Å². The standard InChI is InChI=1S/C17H26N2O3/c18-17(21)19-3-1-2-14(19)9-22-16(20)15-12-5-10-4-11(7-12)8-13(15)6-10/h10-15H,1-9H2,(H2,18,21)/t10?,11?,12?,13?,14-,15?/m1/s1. The summed E-state index contributed by atoms with van der Waals surface area (Å²) >= 11 is 0. The molecule has 0 aromatic rings. The number of carbonyl (C=O) groups is 2. The molecule has 2 N–H and O–H groups in total. The van der Waals surface area contributed by atoms with Crippen molar-refractivity contribution >= 4 is 12.0 Å². The van der Waals surface area contributed by atoms with Crippen molar-refractivity contribution in [2.45, 2.75) is 51.0 Å². The highest BCUT2D eigenvalue weighted by atomic mass is 16.5. The van der Waals surface area contributed by atoms with Crippen molar-refractivity contribution in [3.8, 4) is 0 Å². The molecule has 1 atom stereocenters. The number of amides is 2. The lowest BCUT2D eigenvalue weighted by Crippen LogP contribution is -2.49. The Labute approximate surface area is 131 Å². The molecule has 5 rings (SSSR count). The number of nitrogens with two attached hydrogens (primary N) is 1. The molecule has 0 radical (unpaired) electrons. The molecule has 0 aromatic heterocycles. The second-order valence-electron chi connectivity index (χ2n) is 7.91. The van der Waals surface area contributed by atoms with E-state index >= 15 is 0 Å². The molecule has 1 aliphatic heterocycles. The molecule has 5 nitrogen and oxygen atoms in total. The molecule has 5 heteroatoms. The number of rotatable bonds is 3. The molecule has 5 aliphatic rings. The average molecular weight is 306 g/mol. The number of carbonyl (C=O) groups excluding carboxylic acids is 2. The first-order valence-corrected chi connectivity index (χ1v) is 8.84. The van der Waals surface area contributed by atoms with E-state index in [0.29, 0.717) is 25.0 Å². The quantitative estimate of drug-likeness (QED) is 0.812. The summed E-state index contributed by atoms with van der Waals surface area (Å²) in [5.41, 5.74) is 5.38. The minimum Gasteiger partial charge on any atom is -0.463 e. The first kappa shape index (κ1) is 14.3. The van der Waals surface area contributed by atoms with Gasteiger partial charge in [0.15, 0.2) is 0 Å². The molecular formula is C17H26N2O3. The van der Waals surface area contributed by atoms with Gasteiger partial charge in [0.25, 0.3) is 0 Å². The summed E-state index contributed by atoms with van der Waals surface area (Å²) in [6, 6.07) is -0.411. The monoisotopic (exact) mass is 306 g/mol. The zero-order valence-corrected chi connectivity index (χ0v) is 13.1. The Balaban J connectivity index is 1.36. The van der Waals surface area contributed by atoms with Crippen molar-refractivity contribution < 1.29 is 14.3 Å². The minimum atomic E-state index is -0.395. The maximum atomic E-state index is 12.6. The van der Waals surface area contributed by atoms with Crippen LogP contribution in [0, 0.1) is 29.6 Å². The Morgan fingerprint density at radius 2 is 1.68 bits per heavy atom. The molecule has 1 heterocycles. The lowest BCUT2D eigenvalue weighted by Gasteiger charge is -2.53. The molecule has 4 aliphatic carbocycles. The van der Waals surface area contributed by atoms with Crippen molar-refractivity contribution in [1.82, 2.24) is 4.90 Å². The zero-order valence-electron chi connectivity index (χ0n) is 13.1. The summed E-state index contributed by atoms with van der Waals surface area (Å²) < 4.78 is 5.64. The molecule has 0 spiro atoms. The third kappa shape index (κ3) is 2.38. The molecule has 0 unspecified atom stereocenters. The van der Waals surface area contributed by atoms with Crippen LogP contribution in [0.4, 0.5) is 4.79 Å². The fourth-order valence-electron chi connectivity index (χ4n) is 5.88. The number of ether oxygens (including phenoxy) is 1. The van der Waals surface area contributed by atoms with Gasteiger partial charge in [-0.25, -0.2) is 4.79 Å². The van der Waals surface area contributed by atoms with Crippen LogP contribution in [0.1, 0.15) is 44.9 Å². The van der Waals surface area contributed by atoms with E-state index in [0.717, 1.165) is 24.7 Å². The SMILES string of the molecule is NC(=O)N1CCC[C@@H]1COC(=O)C1C2CC3CC(C2)CC1C3. The van der Waals surface area contributed by atoms with Gasteiger partial charge in [0.05, 0.1) is 12.0 Å². The van der Waals surface area contributed by atoms with Gasteiger partial charge in [-0.15, -0.1) is 0 Å². The van der Waals surface area contributed by atoms with E-state index in [1.807, 2.05) is 0 Å². The summed E-state index contributed by atoms with van der Waals surface area (Å²) in [6.45, 7) is 1.01. The van der Waals surface area contributed by atoms with Crippen molar-refractivity contribution in [3.05, 3.63) is 0 Å². The zero-order chi connectivity index (χ0) is 15.3. The second-order valence-corrected chi connectivity index (χ2v) is 7.91. The highest BCUT2D eigenvalue weighted by molar-refractivity contribution is 5.74. The van der Waals surface area contributed by atoms with Crippen LogP contribution in [-0.4, -0.2) is 36.1 Å². The van der Waals surface area contributed by atoms with E-state index in [-0.39, 0.29) is 17.9 Å². The first-order chi connectivity index (χ1) is 10.6. The van der Waals surface area contributed by atoms with Gasteiger partial charge in [-0.05, 0) is 68.6 Å². The minimum absolute atomic E-state index is 0.00915. The smallest absolute Gasteiger partial charge is 0.315 e. The molecule has 5 fully saturated rings. The Kier molecular flexibility index (Phi) is 3.54. The van der Waals surface area contributed by atoms with Crippen LogP contribution in [-0.2, 0) is 9.53 Å². The Morgan fingerprint density at radius 3 is 2.27 bits per heavy atom. The number of likely N-dealkylation sites (tertiary alicyclic amines) is 1. The molecule has 4 bridgehead atoms. The van der Waals surface area contributed by atoms with E-state index in [2.05, 4.69) is 0 Å². The summed E-state index contributed by atoms with van der Waals surface area (Å²) in [4.78, 5) is 25.6. The van der Waals surface area contributed by atoms with E-state index < -0.39 is 6.03 Å². The predicted molar refractivity (Wildman–Crippen MR) is 80.8 cm³/mol. The molecule has 22 heavy (non-hydrogen) atoms. The largest absolute Gasteiger partial charge is 0.463 e. The van der Waals surface area contributed by atoms with Crippen molar-refractivity contribution in [3.63, 3.8) is 0 Å². The molecular weight excluding hydrogens is 280 g/mol. The van der Waals surface area contributed by atoms with E-state index in [1.54, 1.807) is 4.90 Å². The topological polar surface area (TPSA) is 72.6 Å². The lowest BCUT2D eigenvalue weighted by molar-refractivity contribution is -0.163. The van der Waals surface area contributed by atoms with Crippen LogP contribution in [0.25, 0.3) is 0 Å². The number of hydrogen-bond donors (Lipinski definition) is 1. The Morgan fingerprint density at radius 1 is 1.05 bits per heavy atom. The summed E-state index contributed by atoms with van der Waals surface area (Å²) in [6.07, 6.45) is 8.13. The third-order valence-electron chi connectivity index (χ3n) is 6.58. The summed E-state index contributed by atoms with van der Waals surface area (Å²) in [5.74, 6) is 2.96. The van der Waals surface area contributed by atoms with Crippen LogP contribution >= 0.6 is 0 Å². The second kappa shape index (κ2) is 5.43. The fraction of sp³-hybridized carbons (Fsp3) is 0.882. The number of primary amides is 1. The van der Waals surface area contributed by atoms with Gasteiger partial charge in [-0.3, -0.25) is 4.79 Å². The third-order valence-corrected chi connectivity index (χ3v) is 6.58. The van der Waals surface area contributed by atoms with Crippen LogP contribution in [0.2, 0.25) is 0 Å². The van der Waals surface area contributed by atoms with Crippen LogP contribution < -0.4 is 5.73 Å². The molecule has 4 saturated carbocycles. The highest BCUT2D eigenvalue weighted by Crippen LogP contribution is 2.56. The van der Waals surface area contributed by atoms with E-state index in [9.17, 15) is 9.59 Å². The van der Waals surface area contributed by atoms with E-state index in [4.69, 9.17) is 10.5 Å². The number of nitrogens with zero attached hydrogens (tertiary/aromatic N) is 1. The van der Waals surface area contributed by atoms with Crippen LogP contribution in [0.15, 0.2) is 0 Å². The summed E-state index contributed by atoms with van der Waals surface area (Å²) in [5, 5.41) is 0. The summed E-state index contributed by atoms with van der Waals surface area (Å²) in [7, 11) is 0. The van der Waals surface area contributed by atoms with Crippen molar-refractivity contribution in [1.29, 1.82) is 0 Å². The lowest BCUT2D eigenvalue weighted by atomic mass is 9.52. The number of urea groups is 1. The van der Waals surface area contributed by atoms with Gasteiger partial charge in [0.2, 0.25) is 0 Å². The van der Waals surface area contributed by atoms with Crippen molar-refractivity contribution in [2.75, 3.05) is 13.2 Å². The molecule has 1 saturated heterocycles.